The highest BCUT2D eigenvalue weighted by atomic mass is 35.5. The predicted molar refractivity (Wildman–Crippen MR) is 153 cm³/mol. The Morgan fingerprint density at radius 2 is 1.60 bits per heavy atom. The number of nitrogens with zero attached hydrogens (tertiary/aromatic N) is 2. The number of sulfonamides is 1. The van der Waals surface area contributed by atoms with Gasteiger partial charge in [0.15, 0.2) is 0 Å². The number of halogens is 5. The van der Waals surface area contributed by atoms with Crippen molar-refractivity contribution in [1.82, 2.24) is 10.2 Å². The van der Waals surface area contributed by atoms with Gasteiger partial charge in [-0.05, 0) is 43.7 Å². The minimum Gasteiger partial charge on any atom is -0.352 e. The van der Waals surface area contributed by atoms with E-state index in [-0.39, 0.29) is 23.0 Å². The number of anilines is 1. The minimum atomic E-state index is -4.82. The maximum Gasteiger partial charge on any atom is 0.416 e. The lowest BCUT2D eigenvalue weighted by molar-refractivity contribution is -0.140. The second-order valence-corrected chi connectivity index (χ2v) is 12.2. The van der Waals surface area contributed by atoms with Gasteiger partial charge >= 0.3 is 6.18 Å². The summed E-state index contributed by atoms with van der Waals surface area (Å²) in [7, 11) is -4.38. The van der Waals surface area contributed by atoms with E-state index in [1.165, 1.54) is 24.3 Å². The average Bonchev–Trinajstić information content (AvgIpc) is 2.89. The van der Waals surface area contributed by atoms with Gasteiger partial charge < -0.3 is 10.2 Å². The highest BCUT2D eigenvalue weighted by molar-refractivity contribution is 7.92. The maximum absolute atomic E-state index is 14.8. The largest absolute Gasteiger partial charge is 0.416 e. The molecule has 1 N–H and O–H groups in total. The molecule has 0 heterocycles. The van der Waals surface area contributed by atoms with Gasteiger partial charge in [0.1, 0.15) is 18.4 Å². The topological polar surface area (TPSA) is 86.8 Å². The van der Waals surface area contributed by atoms with Crippen LogP contribution < -0.4 is 9.62 Å². The van der Waals surface area contributed by atoms with Crippen LogP contribution in [0.3, 0.4) is 0 Å². The summed E-state index contributed by atoms with van der Waals surface area (Å²) in [5.74, 6) is -2.21. The summed E-state index contributed by atoms with van der Waals surface area (Å²) in [6, 6.07) is 14.8. The first kappa shape index (κ1) is 32.9. The Morgan fingerprint density at radius 3 is 2.17 bits per heavy atom. The summed E-state index contributed by atoms with van der Waals surface area (Å²) in [6.07, 6.45) is -4.12. The number of hydrogen-bond donors (Lipinski definition) is 1. The quantitative estimate of drug-likeness (QED) is 0.287. The molecule has 3 rings (SSSR count). The van der Waals surface area contributed by atoms with E-state index in [2.05, 4.69) is 5.32 Å². The van der Waals surface area contributed by atoms with Crippen molar-refractivity contribution in [1.29, 1.82) is 0 Å². The molecule has 0 aromatic heterocycles. The number of carbonyl (C=O) groups is 2. The standard InChI is InChI=1S/C29H30ClF4N3O4S/c1-19(2)35-28(39)26(15-20-9-5-4-6-10-20)36(17-21-11-7-8-12-24(21)31)27(38)18-37(42(3,40)41)25-16-22(29(32,33)34)13-14-23(25)30/h4-14,16,19,26H,15,17-18H2,1-3H3,(H,35,39). The fourth-order valence-corrected chi connectivity index (χ4v) is 5.34. The van der Waals surface area contributed by atoms with Crippen molar-refractivity contribution in [3.63, 3.8) is 0 Å². The van der Waals surface area contributed by atoms with E-state index in [0.717, 1.165) is 11.0 Å². The summed E-state index contributed by atoms with van der Waals surface area (Å²) in [5.41, 5.74) is -1.04. The molecule has 0 aliphatic carbocycles. The van der Waals surface area contributed by atoms with Gasteiger partial charge in [-0.15, -0.1) is 0 Å². The number of carbonyl (C=O) groups excluding carboxylic acids is 2. The van der Waals surface area contributed by atoms with Crippen molar-refractivity contribution < 1.29 is 35.6 Å². The molecule has 0 saturated heterocycles. The van der Waals surface area contributed by atoms with Crippen molar-refractivity contribution in [2.24, 2.45) is 0 Å². The van der Waals surface area contributed by atoms with Crippen LogP contribution in [0.5, 0.6) is 0 Å². The lowest BCUT2D eigenvalue weighted by Gasteiger charge is -2.34. The Hall–Kier alpha value is -3.64. The van der Waals surface area contributed by atoms with E-state index in [1.807, 2.05) is 0 Å². The fourth-order valence-electron chi connectivity index (χ4n) is 4.22. The van der Waals surface area contributed by atoms with Crippen molar-refractivity contribution in [3.05, 3.63) is 100 Å². The first-order chi connectivity index (χ1) is 19.6. The molecule has 3 aromatic rings. The fraction of sp³-hybridized carbons (Fsp3) is 0.310. The van der Waals surface area contributed by atoms with Crippen molar-refractivity contribution in [2.75, 3.05) is 17.1 Å². The molecule has 2 amide bonds. The van der Waals surface area contributed by atoms with Gasteiger partial charge in [0.05, 0.1) is 22.5 Å². The molecule has 0 fully saturated rings. The van der Waals surface area contributed by atoms with Gasteiger partial charge in [-0.25, -0.2) is 12.8 Å². The molecule has 226 valence electrons. The van der Waals surface area contributed by atoms with Gasteiger partial charge in [0.2, 0.25) is 21.8 Å². The van der Waals surface area contributed by atoms with Crippen LogP contribution in [-0.4, -0.2) is 50.0 Å². The highest BCUT2D eigenvalue weighted by Gasteiger charge is 2.36. The second kappa shape index (κ2) is 13.6. The molecule has 0 saturated carbocycles. The Kier molecular flexibility index (Phi) is 10.6. The van der Waals surface area contributed by atoms with Gasteiger partial charge in [-0.1, -0.05) is 60.1 Å². The number of rotatable bonds is 11. The molecule has 1 unspecified atom stereocenters. The van der Waals surface area contributed by atoms with E-state index in [0.29, 0.717) is 28.3 Å². The van der Waals surface area contributed by atoms with Gasteiger partial charge in [-0.3, -0.25) is 13.9 Å². The number of alkyl halides is 3. The van der Waals surface area contributed by atoms with E-state index in [9.17, 15) is 35.6 Å². The van der Waals surface area contributed by atoms with Crippen molar-refractivity contribution in [3.8, 4) is 0 Å². The van der Waals surface area contributed by atoms with E-state index < -0.39 is 64.2 Å². The van der Waals surface area contributed by atoms with Crippen LogP contribution in [0.15, 0.2) is 72.8 Å². The van der Waals surface area contributed by atoms with Crippen LogP contribution in [0, 0.1) is 5.82 Å². The van der Waals surface area contributed by atoms with Crippen LogP contribution in [0.1, 0.15) is 30.5 Å². The number of nitrogens with one attached hydrogen (secondary N) is 1. The molecule has 0 bridgehead atoms. The lowest BCUT2D eigenvalue weighted by Crippen LogP contribution is -2.54. The maximum atomic E-state index is 14.8. The third-order valence-electron chi connectivity index (χ3n) is 6.22. The Bertz CT molecular complexity index is 1520. The SMILES string of the molecule is CC(C)NC(=O)C(Cc1ccccc1)N(Cc1ccccc1F)C(=O)CN(c1cc(C(F)(F)F)ccc1Cl)S(C)(=O)=O. The number of hydrogen-bond acceptors (Lipinski definition) is 4. The van der Waals surface area contributed by atoms with Crippen LogP contribution in [-0.2, 0) is 38.8 Å². The van der Waals surface area contributed by atoms with Crippen LogP contribution in [0.25, 0.3) is 0 Å². The summed E-state index contributed by atoms with van der Waals surface area (Å²) in [5, 5.41) is 2.40. The van der Waals surface area contributed by atoms with Crippen LogP contribution in [0.2, 0.25) is 5.02 Å². The van der Waals surface area contributed by atoms with Crippen LogP contribution in [0.4, 0.5) is 23.2 Å². The normalized spacial score (nSPS) is 12.6. The average molecular weight is 628 g/mol. The Labute approximate surface area is 247 Å². The monoisotopic (exact) mass is 627 g/mol. The second-order valence-electron chi connectivity index (χ2n) is 9.92. The third kappa shape index (κ3) is 8.68. The number of benzene rings is 3. The molecule has 13 heteroatoms. The van der Waals surface area contributed by atoms with Gasteiger partial charge in [0, 0.05) is 24.6 Å². The molecule has 0 aliphatic rings. The van der Waals surface area contributed by atoms with Gasteiger partial charge in [0.25, 0.3) is 0 Å². The van der Waals surface area contributed by atoms with E-state index >= 15 is 0 Å². The Balaban J connectivity index is 2.13. The zero-order valence-electron chi connectivity index (χ0n) is 23.0. The third-order valence-corrected chi connectivity index (χ3v) is 7.67. The molecule has 3 aromatic carbocycles. The first-order valence-corrected chi connectivity index (χ1v) is 15.0. The molecule has 0 spiro atoms. The molecule has 42 heavy (non-hydrogen) atoms. The molecular formula is C29H30ClF4N3O4S. The summed E-state index contributed by atoms with van der Waals surface area (Å²) in [6.45, 7) is 1.99. The van der Waals surface area contributed by atoms with E-state index in [4.69, 9.17) is 11.6 Å². The molecular weight excluding hydrogens is 598 g/mol. The summed E-state index contributed by atoms with van der Waals surface area (Å²) >= 11 is 6.13. The minimum absolute atomic E-state index is 0.0111. The molecule has 7 nitrogen and oxygen atoms in total. The summed E-state index contributed by atoms with van der Waals surface area (Å²) < 4.78 is 81.3. The summed E-state index contributed by atoms with van der Waals surface area (Å²) in [4.78, 5) is 28.5. The van der Waals surface area contributed by atoms with Crippen molar-refractivity contribution in [2.45, 2.75) is 45.1 Å². The van der Waals surface area contributed by atoms with E-state index in [1.54, 1.807) is 44.2 Å². The zero-order valence-corrected chi connectivity index (χ0v) is 24.6. The highest BCUT2D eigenvalue weighted by Crippen LogP contribution is 2.36. The first-order valence-electron chi connectivity index (χ1n) is 12.8. The Morgan fingerprint density at radius 1 is 0.976 bits per heavy atom. The molecule has 0 aliphatic heterocycles. The van der Waals surface area contributed by atoms with Crippen LogP contribution >= 0.6 is 11.6 Å². The lowest BCUT2D eigenvalue weighted by atomic mass is 10.0. The zero-order chi connectivity index (χ0) is 31.2. The molecule has 0 radical (unpaired) electrons. The molecule has 1 atom stereocenters. The predicted octanol–water partition coefficient (Wildman–Crippen LogP) is 5.43. The van der Waals surface area contributed by atoms with Gasteiger partial charge in [-0.2, -0.15) is 13.2 Å². The van der Waals surface area contributed by atoms with Crippen molar-refractivity contribution >= 4 is 39.1 Å². The smallest absolute Gasteiger partial charge is 0.352 e. The number of amides is 2.